The third-order valence-corrected chi connectivity index (χ3v) is 4.49. The van der Waals surface area contributed by atoms with Crippen LogP contribution in [-0.4, -0.2) is 22.7 Å². The van der Waals surface area contributed by atoms with Crippen molar-refractivity contribution in [3.8, 4) is 0 Å². The maximum Gasteiger partial charge on any atom is 0.295 e. The number of thioether (sulfide) groups is 1. The van der Waals surface area contributed by atoms with Gasteiger partial charge in [-0.05, 0) is 59.8 Å². The molecule has 0 spiro atoms. The van der Waals surface area contributed by atoms with Crippen LogP contribution in [0.4, 0.5) is 14.9 Å². The third kappa shape index (κ3) is 3.77. The molecule has 2 aromatic rings. The molecule has 3 rings (SSSR count). The predicted octanol–water partition coefficient (Wildman–Crippen LogP) is 4.59. The number of halogens is 2. The molecule has 0 unspecified atom stereocenters. The van der Waals surface area contributed by atoms with Gasteiger partial charge in [-0.1, -0.05) is 23.7 Å². The molecule has 7 heteroatoms. The highest BCUT2D eigenvalue weighted by molar-refractivity contribution is 8.18. The van der Waals surface area contributed by atoms with E-state index in [9.17, 15) is 14.0 Å². The molecule has 1 aliphatic heterocycles. The number of amides is 2. The topological polar surface area (TPSA) is 49.4 Å². The Kier molecular flexibility index (Phi) is 4.87. The Bertz CT molecular complexity index is 806. The molecule has 1 aliphatic rings. The molecule has 1 N–H and O–H groups in total. The van der Waals surface area contributed by atoms with Crippen LogP contribution >= 0.6 is 23.4 Å². The molecule has 1 saturated heterocycles. The first-order valence-corrected chi connectivity index (χ1v) is 8.23. The van der Waals surface area contributed by atoms with E-state index in [1.54, 1.807) is 42.5 Å². The summed E-state index contributed by atoms with van der Waals surface area (Å²) in [6, 6.07) is 12.7. The van der Waals surface area contributed by atoms with Gasteiger partial charge in [0.15, 0.2) is 0 Å². The summed E-state index contributed by atoms with van der Waals surface area (Å²) in [6.45, 7) is 0.0626. The highest BCUT2D eigenvalue weighted by Gasteiger charge is 2.34. The van der Waals surface area contributed by atoms with Crippen LogP contribution in [0.3, 0.4) is 0 Å². The average Bonchev–Trinajstić information content (AvgIpc) is 2.83. The minimum absolute atomic E-state index is 0.0626. The van der Waals surface area contributed by atoms with E-state index in [1.165, 1.54) is 12.1 Å². The van der Waals surface area contributed by atoms with Gasteiger partial charge in [-0.2, -0.15) is 0 Å². The van der Waals surface area contributed by atoms with Gasteiger partial charge in [0.05, 0.1) is 11.6 Å². The maximum atomic E-state index is 12.9. The SMILES string of the molecule is O=C1S/C(=C\c2ccc(F)cc2)C(=O)N1CNc1ccc(Cl)cc1. The number of benzene rings is 2. The van der Waals surface area contributed by atoms with E-state index in [1.807, 2.05) is 0 Å². The molecule has 0 aromatic heterocycles. The van der Waals surface area contributed by atoms with Gasteiger partial charge in [0.2, 0.25) is 0 Å². The smallest absolute Gasteiger partial charge is 0.295 e. The molecule has 1 heterocycles. The van der Waals surface area contributed by atoms with E-state index in [0.717, 1.165) is 22.3 Å². The van der Waals surface area contributed by atoms with Crippen LogP contribution in [0.1, 0.15) is 5.56 Å². The number of hydrogen-bond acceptors (Lipinski definition) is 4. The molecule has 1 fully saturated rings. The summed E-state index contributed by atoms with van der Waals surface area (Å²) >= 11 is 6.67. The number of anilines is 1. The molecule has 24 heavy (non-hydrogen) atoms. The monoisotopic (exact) mass is 362 g/mol. The molecule has 0 bridgehead atoms. The molecule has 0 atom stereocenters. The van der Waals surface area contributed by atoms with Crippen LogP contribution < -0.4 is 5.32 Å². The van der Waals surface area contributed by atoms with Crippen molar-refractivity contribution < 1.29 is 14.0 Å². The van der Waals surface area contributed by atoms with Gasteiger partial charge in [0, 0.05) is 10.7 Å². The number of carbonyl (C=O) groups excluding carboxylic acids is 2. The van der Waals surface area contributed by atoms with E-state index >= 15 is 0 Å². The summed E-state index contributed by atoms with van der Waals surface area (Å²) in [5.74, 6) is -0.733. The summed E-state index contributed by atoms with van der Waals surface area (Å²) < 4.78 is 12.9. The molecule has 0 radical (unpaired) electrons. The molecule has 4 nitrogen and oxygen atoms in total. The Morgan fingerprint density at radius 2 is 1.75 bits per heavy atom. The van der Waals surface area contributed by atoms with Gasteiger partial charge in [0.1, 0.15) is 5.82 Å². The minimum Gasteiger partial charge on any atom is -0.367 e. The minimum atomic E-state index is -0.379. The van der Waals surface area contributed by atoms with Crippen LogP contribution in [-0.2, 0) is 4.79 Å². The van der Waals surface area contributed by atoms with Crippen molar-refractivity contribution in [3.05, 3.63) is 69.8 Å². The first-order valence-electron chi connectivity index (χ1n) is 7.03. The van der Waals surface area contributed by atoms with Crippen molar-refractivity contribution in [2.75, 3.05) is 12.0 Å². The first-order chi connectivity index (χ1) is 11.5. The van der Waals surface area contributed by atoms with Gasteiger partial charge in [-0.3, -0.25) is 14.5 Å². The lowest BCUT2D eigenvalue weighted by Crippen LogP contribution is -2.33. The van der Waals surface area contributed by atoms with Crippen LogP contribution in [0.15, 0.2) is 53.4 Å². The number of nitrogens with one attached hydrogen (secondary N) is 1. The lowest BCUT2D eigenvalue weighted by atomic mass is 10.2. The molecular weight excluding hydrogens is 351 g/mol. The Labute approximate surface area is 147 Å². The summed E-state index contributed by atoms with van der Waals surface area (Å²) in [5, 5.41) is 3.26. The maximum absolute atomic E-state index is 12.9. The van der Waals surface area contributed by atoms with Gasteiger partial charge >= 0.3 is 0 Å². The molecular formula is C17H12ClFN2O2S. The first kappa shape index (κ1) is 16.5. The van der Waals surface area contributed by atoms with E-state index in [-0.39, 0.29) is 23.6 Å². The third-order valence-electron chi connectivity index (χ3n) is 3.33. The van der Waals surface area contributed by atoms with E-state index in [4.69, 9.17) is 11.6 Å². The van der Waals surface area contributed by atoms with Crippen LogP contribution in [0, 0.1) is 5.82 Å². The number of imide groups is 1. The zero-order chi connectivity index (χ0) is 17.1. The number of carbonyl (C=O) groups is 2. The highest BCUT2D eigenvalue weighted by Crippen LogP contribution is 2.32. The van der Waals surface area contributed by atoms with Crippen molar-refractivity contribution in [1.29, 1.82) is 0 Å². The second kappa shape index (κ2) is 7.07. The fourth-order valence-corrected chi connectivity index (χ4v) is 3.05. The zero-order valence-corrected chi connectivity index (χ0v) is 13.9. The average molecular weight is 363 g/mol. The summed E-state index contributed by atoms with van der Waals surface area (Å²) in [6.07, 6.45) is 1.58. The Morgan fingerprint density at radius 3 is 2.42 bits per heavy atom. The number of rotatable bonds is 4. The molecule has 122 valence electrons. The summed E-state index contributed by atoms with van der Waals surface area (Å²) in [7, 11) is 0. The molecule has 0 aliphatic carbocycles. The van der Waals surface area contributed by atoms with Crippen molar-refractivity contribution in [3.63, 3.8) is 0 Å². The van der Waals surface area contributed by atoms with Crippen molar-refractivity contribution in [2.45, 2.75) is 0 Å². The normalized spacial score (nSPS) is 16.1. The van der Waals surface area contributed by atoms with E-state index < -0.39 is 0 Å². The van der Waals surface area contributed by atoms with Crippen molar-refractivity contribution in [1.82, 2.24) is 4.90 Å². The molecule has 0 saturated carbocycles. The number of nitrogens with zero attached hydrogens (tertiary/aromatic N) is 1. The van der Waals surface area contributed by atoms with Crippen LogP contribution in [0.25, 0.3) is 6.08 Å². The Morgan fingerprint density at radius 1 is 1.08 bits per heavy atom. The summed E-state index contributed by atoms with van der Waals surface area (Å²) in [4.78, 5) is 25.8. The van der Waals surface area contributed by atoms with Gasteiger partial charge in [-0.15, -0.1) is 0 Å². The summed E-state index contributed by atoms with van der Waals surface area (Å²) in [5.41, 5.74) is 1.41. The fraction of sp³-hybridized carbons (Fsp3) is 0.0588. The van der Waals surface area contributed by atoms with Crippen molar-refractivity contribution >= 4 is 46.3 Å². The Balaban J connectivity index is 1.69. The largest absolute Gasteiger partial charge is 0.367 e. The fourth-order valence-electron chi connectivity index (χ4n) is 2.08. The van der Waals surface area contributed by atoms with Crippen LogP contribution in [0.5, 0.6) is 0 Å². The van der Waals surface area contributed by atoms with Gasteiger partial charge in [0.25, 0.3) is 11.1 Å². The van der Waals surface area contributed by atoms with E-state index in [2.05, 4.69) is 5.32 Å². The lowest BCUT2D eigenvalue weighted by Gasteiger charge is -2.14. The standard InChI is InChI=1S/C17H12ClFN2O2S/c18-12-3-7-14(8-4-12)20-10-21-16(22)15(24-17(21)23)9-11-1-5-13(19)6-2-11/h1-9,20H,10H2/b15-9-. The zero-order valence-electron chi connectivity index (χ0n) is 12.3. The van der Waals surface area contributed by atoms with E-state index in [0.29, 0.717) is 15.5 Å². The van der Waals surface area contributed by atoms with Crippen molar-refractivity contribution in [2.24, 2.45) is 0 Å². The number of hydrogen-bond donors (Lipinski definition) is 1. The second-order valence-electron chi connectivity index (χ2n) is 5.00. The van der Waals surface area contributed by atoms with Gasteiger partial charge in [-0.25, -0.2) is 4.39 Å². The molecule has 2 aromatic carbocycles. The molecule has 2 amide bonds. The predicted molar refractivity (Wildman–Crippen MR) is 94.2 cm³/mol. The lowest BCUT2D eigenvalue weighted by molar-refractivity contribution is -0.122. The van der Waals surface area contributed by atoms with Crippen LogP contribution in [0.2, 0.25) is 5.02 Å². The quantitative estimate of drug-likeness (QED) is 0.808. The van der Waals surface area contributed by atoms with Gasteiger partial charge < -0.3 is 5.32 Å². The second-order valence-corrected chi connectivity index (χ2v) is 6.43. The highest BCUT2D eigenvalue weighted by atomic mass is 35.5. The Hall–Kier alpha value is -2.31.